The normalized spacial score (nSPS) is 20.5. The molecule has 1 aromatic rings. The van der Waals surface area contributed by atoms with Gasteiger partial charge in [-0.1, -0.05) is 30.8 Å². The molecule has 1 amide bonds. The molecule has 170 valence electrons. The van der Waals surface area contributed by atoms with E-state index in [-0.39, 0.29) is 23.9 Å². The molecule has 1 unspecified atom stereocenters. The molecule has 1 N–H and O–H groups in total. The molecule has 1 fully saturated rings. The number of aliphatic imine (C=N–C) groups is 1. The van der Waals surface area contributed by atoms with Crippen LogP contribution in [0.5, 0.6) is 0 Å². The Balaban J connectivity index is 1.74. The molecule has 0 spiro atoms. The van der Waals surface area contributed by atoms with Gasteiger partial charge in [-0.3, -0.25) is 4.79 Å². The van der Waals surface area contributed by atoms with E-state index in [4.69, 9.17) is 4.74 Å². The van der Waals surface area contributed by atoms with E-state index in [0.717, 1.165) is 25.0 Å². The number of benzene rings is 1. The Bertz CT molecular complexity index is 1030. The smallest absolute Gasteiger partial charge is 0.416 e. The van der Waals surface area contributed by atoms with Crippen molar-refractivity contribution in [3.63, 3.8) is 0 Å². The lowest BCUT2D eigenvalue weighted by atomic mass is 9.92. The van der Waals surface area contributed by atoms with Crippen molar-refractivity contribution >= 4 is 28.8 Å². The van der Waals surface area contributed by atoms with Gasteiger partial charge < -0.3 is 15.0 Å². The van der Waals surface area contributed by atoms with Gasteiger partial charge in [-0.25, -0.2) is 9.79 Å². The van der Waals surface area contributed by atoms with E-state index in [1.165, 1.54) is 31.0 Å². The van der Waals surface area contributed by atoms with Gasteiger partial charge in [-0.05, 0) is 42.4 Å². The number of amides is 1. The Kier molecular flexibility index (Phi) is 6.07. The van der Waals surface area contributed by atoms with Crippen LogP contribution in [0.2, 0.25) is 0 Å². The fourth-order valence-electron chi connectivity index (χ4n) is 3.75. The Morgan fingerprint density at radius 3 is 2.50 bits per heavy atom. The molecule has 1 atom stereocenters. The predicted molar refractivity (Wildman–Crippen MR) is 114 cm³/mol. The zero-order chi connectivity index (χ0) is 23.0. The molecule has 1 saturated carbocycles. The van der Waals surface area contributed by atoms with Gasteiger partial charge in [-0.2, -0.15) is 13.2 Å². The number of carbonyl (C=O) groups excluding carboxylic acids is 2. The first kappa shape index (κ1) is 22.4. The first-order valence-corrected chi connectivity index (χ1v) is 11.1. The molecule has 4 rings (SSSR count). The van der Waals surface area contributed by atoms with Crippen molar-refractivity contribution in [2.75, 3.05) is 7.11 Å². The zero-order valence-corrected chi connectivity index (χ0v) is 18.3. The highest BCUT2D eigenvalue weighted by molar-refractivity contribution is 8.16. The summed E-state index contributed by atoms with van der Waals surface area (Å²) >= 11 is 1.32. The summed E-state index contributed by atoms with van der Waals surface area (Å²) in [6.45, 7) is 1.85. The molecular weight excluding hydrogens is 443 g/mol. The Hall–Kier alpha value is -2.75. The summed E-state index contributed by atoms with van der Waals surface area (Å²) in [7, 11) is 1.25. The highest BCUT2D eigenvalue weighted by atomic mass is 32.2. The standard InChI is InChI=1S/C22H22F3N3O3S/c1-3-16-18(20(30)31-2)19(12-4-6-13(7-5-12)22(23,24)25)28-15(11-32-21(28)27-16)10-17(29)26-14-8-9-14/h4-7,11,14,19H,3,8-10H2,1-2H3,(H,26,29). The zero-order valence-electron chi connectivity index (χ0n) is 17.5. The molecular formula is C22H22F3N3O3S. The number of halogens is 3. The van der Waals surface area contributed by atoms with Gasteiger partial charge in [0.15, 0.2) is 5.17 Å². The van der Waals surface area contributed by atoms with Crippen LogP contribution in [0.25, 0.3) is 0 Å². The molecule has 32 heavy (non-hydrogen) atoms. The summed E-state index contributed by atoms with van der Waals surface area (Å²) in [4.78, 5) is 31.6. The fourth-order valence-corrected chi connectivity index (χ4v) is 4.69. The van der Waals surface area contributed by atoms with E-state index in [1.54, 1.807) is 10.3 Å². The van der Waals surface area contributed by atoms with Gasteiger partial charge in [0.2, 0.25) is 5.91 Å². The number of nitrogens with one attached hydrogen (secondary N) is 1. The average molecular weight is 465 g/mol. The molecule has 0 bridgehead atoms. The van der Waals surface area contributed by atoms with Crippen LogP contribution in [0.15, 0.2) is 51.6 Å². The maximum Gasteiger partial charge on any atom is 0.416 e. The highest BCUT2D eigenvalue weighted by Crippen LogP contribution is 2.45. The Morgan fingerprint density at radius 2 is 1.94 bits per heavy atom. The first-order valence-electron chi connectivity index (χ1n) is 10.2. The number of fused-ring (bicyclic) bond motifs is 1. The molecule has 3 aliphatic rings. The van der Waals surface area contributed by atoms with E-state index >= 15 is 0 Å². The molecule has 2 heterocycles. The van der Waals surface area contributed by atoms with Crippen molar-refractivity contribution in [2.45, 2.75) is 50.9 Å². The third-order valence-electron chi connectivity index (χ3n) is 5.47. The third-order valence-corrected chi connectivity index (χ3v) is 6.36. The minimum Gasteiger partial charge on any atom is -0.466 e. The number of allylic oxidation sites excluding steroid dienone is 1. The van der Waals surface area contributed by atoms with Crippen LogP contribution in [-0.2, 0) is 20.5 Å². The number of alkyl halides is 3. The molecule has 2 aliphatic heterocycles. The summed E-state index contributed by atoms with van der Waals surface area (Å²) < 4.78 is 44.3. The first-order chi connectivity index (χ1) is 15.2. The summed E-state index contributed by atoms with van der Waals surface area (Å²) in [6.07, 6.45) is -2.03. The highest BCUT2D eigenvalue weighted by Gasteiger charge is 2.42. The van der Waals surface area contributed by atoms with E-state index in [0.29, 0.717) is 28.5 Å². The molecule has 10 heteroatoms. The summed E-state index contributed by atoms with van der Waals surface area (Å²) in [5.41, 5.74) is 1.11. The number of thioether (sulfide) groups is 1. The quantitative estimate of drug-likeness (QED) is 0.626. The van der Waals surface area contributed by atoms with E-state index in [1.807, 2.05) is 6.92 Å². The van der Waals surface area contributed by atoms with Gasteiger partial charge in [0, 0.05) is 11.7 Å². The predicted octanol–water partition coefficient (Wildman–Crippen LogP) is 4.51. The van der Waals surface area contributed by atoms with Crippen LogP contribution in [-0.4, -0.2) is 35.1 Å². The second-order valence-corrected chi connectivity index (χ2v) is 8.57. The number of nitrogens with zero attached hydrogens (tertiary/aromatic N) is 2. The number of carbonyl (C=O) groups is 2. The van der Waals surface area contributed by atoms with Crippen LogP contribution < -0.4 is 5.32 Å². The van der Waals surface area contributed by atoms with Gasteiger partial charge in [0.05, 0.1) is 36.4 Å². The molecule has 1 aliphatic carbocycles. The number of hydrogen-bond acceptors (Lipinski definition) is 6. The van der Waals surface area contributed by atoms with E-state index in [9.17, 15) is 22.8 Å². The molecule has 6 nitrogen and oxygen atoms in total. The maximum absolute atomic E-state index is 13.1. The number of hydrogen-bond donors (Lipinski definition) is 1. The minimum atomic E-state index is -4.47. The minimum absolute atomic E-state index is 0.0789. The van der Waals surface area contributed by atoms with Gasteiger partial charge in [-0.15, -0.1) is 0 Å². The lowest BCUT2D eigenvalue weighted by Gasteiger charge is -2.36. The number of amidine groups is 1. The van der Waals surface area contributed by atoms with E-state index < -0.39 is 23.8 Å². The van der Waals surface area contributed by atoms with Crippen molar-refractivity contribution < 1.29 is 27.5 Å². The van der Waals surface area contributed by atoms with E-state index in [2.05, 4.69) is 10.3 Å². The summed E-state index contributed by atoms with van der Waals surface area (Å²) in [5, 5.41) is 5.31. The van der Waals surface area contributed by atoms with Crippen LogP contribution in [0.1, 0.15) is 49.8 Å². The topological polar surface area (TPSA) is 71.0 Å². The second kappa shape index (κ2) is 8.65. The number of esters is 1. The Morgan fingerprint density at radius 1 is 1.25 bits per heavy atom. The molecule has 0 aromatic heterocycles. The SMILES string of the molecule is CCC1=C(C(=O)OC)C(c2ccc(C(F)(F)F)cc2)N2C(CC(=O)NC3CC3)=CSC2=N1. The third kappa shape index (κ3) is 4.41. The van der Waals surface area contributed by atoms with Crippen LogP contribution in [0.4, 0.5) is 13.2 Å². The summed E-state index contributed by atoms with van der Waals surface area (Å²) in [5.74, 6) is -0.745. The molecule has 1 aromatic carbocycles. The van der Waals surface area contributed by atoms with Crippen molar-refractivity contribution in [1.82, 2.24) is 10.2 Å². The Labute approximate surface area is 187 Å². The van der Waals surface area contributed by atoms with Gasteiger partial charge in [0.1, 0.15) is 0 Å². The molecule has 0 saturated heterocycles. The van der Waals surface area contributed by atoms with Crippen molar-refractivity contribution in [1.29, 1.82) is 0 Å². The van der Waals surface area contributed by atoms with Crippen molar-refractivity contribution in [3.05, 3.63) is 57.8 Å². The lowest BCUT2D eigenvalue weighted by molar-refractivity contribution is -0.138. The largest absolute Gasteiger partial charge is 0.466 e. The molecule has 0 radical (unpaired) electrons. The van der Waals surface area contributed by atoms with Gasteiger partial charge in [0.25, 0.3) is 0 Å². The number of rotatable bonds is 6. The van der Waals surface area contributed by atoms with Crippen LogP contribution in [0, 0.1) is 0 Å². The number of methoxy groups -OCH3 is 1. The van der Waals surface area contributed by atoms with Crippen molar-refractivity contribution in [2.24, 2.45) is 4.99 Å². The van der Waals surface area contributed by atoms with Crippen LogP contribution >= 0.6 is 11.8 Å². The fraction of sp³-hybridized carbons (Fsp3) is 0.409. The number of ether oxygens (including phenoxy) is 1. The maximum atomic E-state index is 13.1. The second-order valence-electron chi connectivity index (χ2n) is 7.74. The van der Waals surface area contributed by atoms with Gasteiger partial charge >= 0.3 is 12.1 Å². The van der Waals surface area contributed by atoms with Crippen molar-refractivity contribution in [3.8, 4) is 0 Å². The van der Waals surface area contributed by atoms with Crippen LogP contribution in [0.3, 0.4) is 0 Å². The lowest BCUT2D eigenvalue weighted by Crippen LogP contribution is -2.38. The summed E-state index contributed by atoms with van der Waals surface area (Å²) in [6, 6.07) is 4.16. The average Bonchev–Trinajstić information content (AvgIpc) is 3.49. The monoisotopic (exact) mass is 465 g/mol.